The molecule has 0 atom stereocenters. The summed E-state index contributed by atoms with van der Waals surface area (Å²) in [5.74, 6) is 0.561. The molecule has 1 aliphatic rings. The monoisotopic (exact) mass is 459 g/mol. The molecule has 164 valence electrons. The standard InChI is InChI=1S/C23H26ClN3O3S/c1-17-8-9-19(24)22-21(17)25-23(31-22)27(11-5-10-26-12-14-29-15-13-26)20(28)16-30-18-6-3-2-4-7-18/h2-4,6-9H,5,10-16H2,1H3. The van der Waals surface area contributed by atoms with E-state index < -0.39 is 0 Å². The summed E-state index contributed by atoms with van der Waals surface area (Å²) in [5.41, 5.74) is 1.89. The first-order chi connectivity index (χ1) is 15.1. The molecule has 3 aromatic rings. The van der Waals surface area contributed by atoms with Crippen LogP contribution in [0.3, 0.4) is 0 Å². The van der Waals surface area contributed by atoms with Crippen LogP contribution in [0.1, 0.15) is 12.0 Å². The Bertz CT molecular complexity index is 983. The van der Waals surface area contributed by atoms with E-state index in [4.69, 9.17) is 26.1 Å². The summed E-state index contributed by atoms with van der Waals surface area (Å²) < 4.78 is 12.1. The van der Waals surface area contributed by atoms with Crippen molar-refractivity contribution < 1.29 is 14.3 Å². The Morgan fingerprint density at radius 1 is 1.23 bits per heavy atom. The first-order valence-electron chi connectivity index (χ1n) is 10.5. The van der Waals surface area contributed by atoms with E-state index in [9.17, 15) is 4.79 Å². The zero-order chi connectivity index (χ0) is 21.6. The van der Waals surface area contributed by atoms with Gasteiger partial charge in [0.05, 0.1) is 28.5 Å². The largest absolute Gasteiger partial charge is 0.484 e. The Balaban J connectivity index is 1.50. The number of benzene rings is 2. The number of hydrogen-bond donors (Lipinski definition) is 0. The molecule has 0 aliphatic carbocycles. The number of nitrogens with zero attached hydrogens (tertiary/aromatic N) is 3. The number of rotatable bonds is 8. The van der Waals surface area contributed by atoms with Crippen LogP contribution in [-0.2, 0) is 9.53 Å². The molecule has 0 unspecified atom stereocenters. The van der Waals surface area contributed by atoms with Crippen LogP contribution in [0.15, 0.2) is 42.5 Å². The third-order valence-corrected chi connectivity index (χ3v) is 6.82. The molecule has 6 nitrogen and oxygen atoms in total. The molecule has 1 aromatic heterocycles. The van der Waals surface area contributed by atoms with Crippen molar-refractivity contribution in [2.75, 3.05) is 50.9 Å². The smallest absolute Gasteiger partial charge is 0.266 e. The third kappa shape index (κ3) is 5.54. The fourth-order valence-electron chi connectivity index (χ4n) is 3.55. The van der Waals surface area contributed by atoms with Crippen LogP contribution >= 0.6 is 22.9 Å². The van der Waals surface area contributed by atoms with Gasteiger partial charge in [-0.3, -0.25) is 14.6 Å². The lowest BCUT2D eigenvalue weighted by Crippen LogP contribution is -2.40. The van der Waals surface area contributed by atoms with Crippen LogP contribution in [0.2, 0.25) is 5.02 Å². The molecule has 31 heavy (non-hydrogen) atoms. The third-order valence-electron chi connectivity index (χ3n) is 5.28. The molecular weight excluding hydrogens is 434 g/mol. The summed E-state index contributed by atoms with van der Waals surface area (Å²) in [7, 11) is 0. The summed E-state index contributed by atoms with van der Waals surface area (Å²) in [6.07, 6.45) is 0.847. The number of hydrogen-bond acceptors (Lipinski definition) is 6. The van der Waals surface area contributed by atoms with Gasteiger partial charge in [-0.2, -0.15) is 0 Å². The lowest BCUT2D eigenvalue weighted by molar-refractivity contribution is -0.120. The maximum atomic E-state index is 13.1. The lowest BCUT2D eigenvalue weighted by Gasteiger charge is -2.27. The maximum Gasteiger partial charge on any atom is 0.266 e. The van der Waals surface area contributed by atoms with Crippen molar-refractivity contribution in [1.82, 2.24) is 9.88 Å². The average molecular weight is 460 g/mol. The minimum absolute atomic E-state index is 0.0375. The zero-order valence-corrected chi connectivity index (χ0v) is 19.1. The van der Waals surface area contributed by atoms with Gasteiger partial charge in [0.1, 0.15) is 5.75 Å². The van der Waals surface area contributed by atoms with Crippen LogP contribution in [0.4, 0.5) is 5.13 Å². The molecule has 1 aliphatic heterocycles. The minimum atomic E-state index is -0.112. The van der Waals surface area contributed by atoms with Crippen LogP contribution < -0.4 is 9.64 Å². The Morgan fingerprint density at radius 2 is 2.00 bits per heavy atom. The number of halogens is 1. The number of amides is 1. The number of fused-ring (bicyclic) bond motifs is 1. The Kier molecular flexibility index (Phi) is 7.40. The average Bonchev–Trinajstić information content (AvgIpc) is 3.25. The number of para-hydroxylation sites is 1. The summed E-state index contributed by atoms with van der Waals surface area (Å²) in [4.78, 5) is 22.0. The fraction of sp³-hybridized carbons (Fsp3) is 0.391. The summed E-state index contributed by atoms with van der Waals surface area (Å²) in [6.45, 7) is 6.85. The van der Waals surface area contributed by atoms with Gasteiger partial charge in [-0.05, 0) is 37.1 Å². The van der Waals surface area contributed by atoms with E-state index >= 15 is 0 Å². The van der Waals surface area contributed by atoms with Gasteiger partial charge in [-0.1, -0.05) is 47.2 Å². The molecule has 1 saturated heterocycles. The van der Waals surface area contributed by atoms with E-state index in [0.717, 1.165) is 55.0 Å². The lowest BCUT2D eigenvalue weighted by atomic mass is 10.2. The fourth-order valence-corrected chi connectivity index (χ4v) is 4.91. The van der Waals surface area contributed by atoms with Crippen molar-refractivity contribution in [3.63, 3.8) is 0 Å². The number of ether oxygens (including phenoxy) is 2. The van der Waals surface area contributed by atoms with Crippen molar-refractivity contribution in [2.24, 2.45) is 0 Å². The van der Waals surface area contributed by atoms with Gasteiger partial charge in [0.15, 0.2) is 11.7 Å². The van der Waals surface area contributed by atoms with Gasteiger partial charge >= 0.3 is 0 Å². The van der Waals surface area contributed by atoms with Gasteiger partial charge in [-0.25, -0.2) is 4.98 Å². The molecule has 0 spiro atoms. The predicted molar refractivity (Wildman–Crippen MR) is 126 cm³/mol. The molecule has 2 aromatic carbocycles. The number of thiazole rings is 1. The van der Waals surface area contributed by atoms with Crippen LogP contribution in [0.25, 0.3) is 10.2 Å². The molecule has 1 amide bonds. The molecule has 2 heterocycles. The number of aromatic nitrogens is 1. The zero-order valence-electron chi connectivity index (χ0n) is 17.6. The topological polar surface area (TPSA) is 54.9 Å². The molecule has 0 bridgehead atoms. The molecule has 1 fully saturated rings. The number of morpholine rings is 1. The Hall–Kier alpha value is -2.19. The normalized spacial score (nSPS) is 14.6. The maximum absolute atomic E-state index is 13.1. The van der Waals surface area contributed by atoms with Crippen molar-refractivity contribution in [3.8, 4) is 5.75 Å². The van der Waals surface area contributed by atoms with Crippen molar-refractivity contribution in [2.45, 2.75) is 13.3 Å². The van der Waals surface area contributed by atoms with E-state index in [0.29, 0.717) is 22.4 Å². The highest BCUT2D eigenvalue weighted by atomic mass is 35.5. The molecule has 0 radical (unpaired) electrons. The Labute approximate surface area is 191 Å². The highest BCUT2D eigenvalue weighted by Gasteiger charge is 2.22. The SMILES string of the molecule is Cc1ccc(Cl)c2sc(N(CCCN3CCOCC3)C(=O)COc3ccccc3)nc12. The predicted octanol–water partition coefficient (Wildman–Crippen LogP) is 4.39. The van der Waals surface area contributed by atoms with Crippen LogP contribution in [0, 0.1) is 6.92 Å². The summed E-state index contributed by atoms with van der Waals surface area (Å²) in [6, 6.07) is 13.2. The van der Waals surface area contributed by atoms with Gasteiger partial charge in [0.25, 0.3) is 5.91 Å². The molecular formula is C23H26ClN3O3S. The van der Waals surface area contributed by atoms with E-state index in [2.05, 4.69) is 4.90 Å². The van der Waals surface area contributed by atoms with Gasteiger partial charge in [0, 0.05) is 26.2 Å². The Morgan fingerprint density at radius 3 is 2.74 bits per heavy atom. The summed E-state index contributed by atoms with van der Waals surface area (Å²) >= 11 is 7.85. The van der Waals surface area contributed by atoms with Crippen LogP contribution in [-0.4, -0.2) is 61.8 Å². The van der Waals surface area contributed by atoms with Crippen molar-refractivity contribution in [1.29, 1.82) is 0 Å². The molecule has 4 rings (SSSR count). The van der Waals surface area contributed by atoms with Crippen molar-refractivity contribution >= 4 is 44.2 Å². The number of aryl methyl sites for hydroxylation is 1. The summed E-state index contributed by atoms with van der Waals surface area (Å²) in [5, 5.41) is 1.32. The van der Waals surface area contributed by atoms with E-state index in [1.807, 2.05) is 49.4 Å². The van der Waals surface area contributed by atoms with E-state index in [1.165, 1.54) is 11.3 Å². The second-order valence-corrected chi connectivity index (χ2v) is 8.88. The quantitative estimate of drug-likeness (QED) is 0.500. The molecule has 0 saturated carbocycles. The minimum Gasteiger partial charge on any atom is -0.484 e. The number of carbonyl (C=O) groups excluding carboxylic acids is 1. The van der Waals surface area contributed by atoms with Crippen LogP contribution in [0.5, 0.6) is 5.75 Å². The second-order valence-electron chi connectivity index (χ2n) is 7.49. The first kappa shape index (κ1) is 22.0. The molecule has 0 N–H and O–H groups in total. The number of anilines is 1. The van der Waals surface area contributed by atoms with E-state index in [-0.39, 0.29) is 12.5 Å². The number of carbonyl (C=O) groups is 1. The van der Waals surface area contributed by atoms with Gasteiger partial charge < -0.3 is 9.47 Å². The van der Waals surface area contributed by atoms with Crippen molar-refractivity contribution in [3.05, 3.63) is 53.1 Å². The highest BCUT2D eigenvalue weighted by molar-refractivity contribution is 7.23. The van der Waals surface area contributed by atoms with Gasteiger partial charge in [-0.15, -0.1) is 0 Å². The first-order valence-corrected chi connectivity index (χ1v) is 11.7. The highest BCUT2D eigenvalue weighted by Crippen LogP contribution is 2.35. The molecule has 8 heteroatoms. The van der Waals surface area contributed by atoms with Gasteiger partial charge in [0.2, 0.25) is 0 Å². The second kappa shape index (κ2) is 10.4. The van der Waals surface area contributed by atoms with E-state index in [1.54, 1.807) is 4.90 Å².